The number of imide groups is 1. The fraction of sp³-hybridized carbons (Fsp3) is 0.214. The number of pyridine rings is 1. The molecule has 1 aliphatic heterocycles. The van der Waals surface area contributed by atoms with E-state index in [9.17, 15) is 14.4 Å². The molecule has 2 aromatic heterocycles. The van der Waals surface area contributed by atoms with Gasteiger partial charge in [-0.2, -0.15) is 0 Å². The highest BCUT2D eigenvalue weighted by Crippen LogP contribution is 2.31. The Kier molecular flexibility index (Phi) is 6.88. The topological polar surface area (TPSA) is 99.6 Å². The molecular formula is C28H25N3O4S. The molecule has 36 heavy (non-hydrogen) atoms. The Morgan fingerprint density at radius 1 is 1.00 bits per heavy atom. The van der Waals surface area contributed by atoms with E-state index in [1.54, 1.807) is 36.7 Å². The first kappa shape index (κ1) is 23.8. The van der Waals surface area contributed by atoms with E-state index in [1.807, 2.05) is 36.4 Å². The van der Waals surface area contributed by atoms with Crippen LogP contribution in [-0.2, 0) is 11.2 Å². The molecule has 0 radical (unpaired) electrons. The number of anilines is 1. The fourth-order valence-electron chi connectivity index (χ4n) is 4.44. The summed E-state index contributed by atoms with van der Waals surface area (Å²) >= 11 is 1.42. The maximum Gasteiger partial charge on any atom is 0.261 e. The lowest BCUT2D eigenvalue weighted by Gasteiger charge is -2.22. The Morgan fingerprint density at radius 2 is 1.72 bits per heavy atom. The van der Waals surface area contributed by atoms with Crippen molar-refractivity contribution in [3.8, 4) is 0 Å². The van der Waals surface area contributed by atoms with E-state index in [2.05, 4.69) is 10.3 Å². The molecule has 182 valence electrons. The van der Waals surface area contributed by atoms with Crippen LogP contribution in [0.5, 0.6) is 0 Å². The van der Waals surface area contributed by atoms with Crippen molar-refractivity contribution >= 4 is 44.1 Å². The van der Waals surface area contributed by atoms with Gasteiger partial charge in [-0.15, -0.1) is 11.3 Å². The summed E-state index contributed by atoms with van der Waals surface area (Å²) < 4.78 is 0.955. The summed E-state index contributed by atoms with van der Waals surface area (Å²) in [6.45, 7) is 0.100. The van der Waals surface area contributed by atoms with Gasteiger partial charge in [0, 0.05) is 25.5 Å². The number of aliphatic hydroxyl groups excluding tert-OH is 1. The van der Waals surface area contributed by atoms with Crippen molar-refractivity contribution in [1.82, 2.24) is 9.88 Å². The lowest BCUT2D eigenvalue weighted by Crippen LogP contribution is -2.38. The molecule has 3 heterocycles. The summed E-state index contributed by atoms with van der Waals surface area (Å²) in [6, 6.07) is 18.2. The van der Waals surface area contributed by atoms with E-state index < -0.39 is 5.92 Å². The molecule has 0 aliphatic carbocycles. The molecule has 2 aromatic carbocycles. The number of fused-ring (bicyclic) bond motifs is 2. The number of nitrogens with one attached hydrogen (secondary N) is 1. The molecular weight excluding hydrogens is 474 g/mol. The van der Waals surface area contributed by atoms with Crippen LogP contribution in [0.3, 0.4) is 0 Å². The van der Waals surface area contributed by atoms with Gasteiger partial charge in [0.2, 0.25) is 5.91 Å². The molecule has 8 heteroatoms. The standard InChI is InChI=1S/C28H25N3O4S/c32-14-4-3-5-18-8-10-19(11-9-18)23(17-31-27(34)21-6-1-2-7-22(21)28(31)35)26(33)30-25-15-20-12-13-29-16-24(20)36-25/h1-2,6-13,15-16,23,32H,3-5,14,17H2,(H,30,33). The number of aliphatic hydroxyl groups is 1. The lowest BCUT2D eigenvalue weighted by molar-refractivity contribution is -0.117. The third-order valence-electron chi connectivity index (χ3n) is 6.38. The zero-order valence-electron chi connectivity index (χ0n) is 19.5. The van der Waals surface area contributed by atoms with E-state index in [4.69, 9.17) is 5.11 Å². The number of amides is 3. The number of unbranched alkanes of at least 4 members (excludes halogenated alkanes) is 1. The molecule has 0 saturated heterocycles. The second-order valence-electron chi connectivity index (χ2n) is 8.75. The molecule has 4 aromatic rings. The third-order valence-corrected chi connectivity index (χ3v) is 7.39. The maximum absolute atomic E-state index is 13.6. The molecule has 3 amide bonds. The van der Waals surface area contributed by atoms with Crippen LogP contribution in [0.2, 0.25) is 0 Å². The normalized spacial score (nSPS) is 13.8. The van der Waals surface area contributed by atoms with Crippen molar-refractivity contribution in [2.75, 3.05) is 18.5 Å². The van der Waals surface area contributed by atoms with E-state index >= 15 is 0 Å². The Hall–Kier alpha value is -3.88. The number of hydrogen-bond donors (Lipinski definition) is 2. The minimum Gasteiger partial charge on any atom is -0.396 e. The van der Waals surface area contributed by atoms with Crippen LogP contribution in [0.15, 0.2) is 73.1 Å². The first-order chi connectivity index (χ1) is 17.5. The van der Waals surface area contributed by atoms with Gasteiger partial charge in [-0.1, -0.05) is 36.4 Å². The van der Waals surface area contributed by atoms with Crippen molar-refractivity contribution in [1.29, 1.82) is 0 Å². The number of nitrogens with zero attached hydrogens (tertiary/aromatic N) is 2. The smallest absolute Gasteiger partial charge is 0.261 e. The average molecular weight is 500 g/mol. The van der Waals surface area contributed by atoms with Crippen LogP contribution < -0.4 is 5.32 Å². The zero-order valence-corrected chi connectivity index (χ0v) is 20.3. The molecule has 1 aliphatic rings. The fourth-order valence-corrected chi connectivity index (χ4v) is 5.37. The summed E-state index contributed by atoms with van der Waals surface area (Å²) in [4.78, 5) is 44.9. The minimum absolute atomic E-state index is 0.0610. The molecule has 2 N–H and O–H groups in total. The number of hydrogen-bond acceptors (Lipinski definition) is 6. The van der Waals surface area contributed by atoms with Crippen molar-refractivity contribution in [3.63, 3.8) is 0 Å². The quantitative estimate of drug-likeness (QED) is 0.258. The van der Waals surface area contributed by atoms with E-state index in [0.717, 1.165) is 40.5 Å². The number of aromatic nitrogens is 1. The van der Waals surface area contributed by atoms with E-state index in [1.165, 1.54) is 16.2 Å². The number of aryl methyl sites for hydroxylation is 1. The highest BCUT2D eigenvalue weighted by atomic mass is 32.1. The second-order valence-corrected chi connectivity index (χ2v) is 9.84. The second kappa shape index (κ2) is 10.4. The summed E-state index contributed by atoms with van der Waals surface area (Å²) in [5.74, 6) is -1.81. The van der Waals surface area contributed by atoms with Crippen LogP contribution >= 0.6 is 11.3 Å². The minimum atomic E-state index is -0.748. The molecule has 7 nitrogen and oxygen atoms in total. The highest BCUT2D eigenvalue weighted by Gasteiger charge is 2.38. The predicted octanol–water partition coefficient (Wildman–Crippen LogP) is 4.63. The van der Waals surface area contributed by atoms with Crippen LogP contribution in [0.25, 0.3) is 10.1 Å². The van der Waals surface area contributed by atoms with Crippen LogP contribution in [-0.4, -0.2) is 45.9 Å². The van der Waals surface area contributed by atoms with Gasteiger partial charge in [0.1, 0.15) is 0 Å². The Bertz CT molecular complexity index is 1360. The van der Waals surface area contributed by atoms with Crippen molar-refractivity contribution < 1.29 is 19.5 Å². The number of thiophene rings is 1. The highest BCUT2D eigenvalue weighted by molar-refractivity contribution is 7.22. The van der Waals surface area contributed by atoms with Crippen molar-refractivity contribution in [2.45, 2.75) is 25.2 Å². The van der Waals surface area contributed by atoms with Gasteiger partial charge < -0.3 is 10.4 Å². The summed E-state index contributed by atoms with van der Waals surface area (Å²) in [7, 11) is 0. The lowest BCUT2D eigenvalue weighted by atomic mass is 9.95. The summed E-state index contributed by atoms with van der Waals surface area (Å²) in [5, 5.41) is 13.7. The summed E-state index contributed by atoms with van der Waals surface area (Å²) in [6.07, 6.45) is 5.88. The third kappa shape index (κ3) is 4.78. The predicted molar refractivity (Wildman–Crippen MR) is 139 cm³/mol. The maximum atomic E-state index is 13.6. The SMILES string of the molecule is O=C(Nc1cc2ccncc2s1)C(CN1C(=O)c2ccccc2C1=O)c1ccc(CCCCO)cc1. The zero-order chi connectivity index (χ0) is 25.1. The van der Waals surface area contributed by atoms with Gasteiger partial charge in [-0.05, 0) is 60.0 Å². The van der Waals surface area contributed by atoms with Gasteiger partial charge in [0.05, 0.1) is 26.7 Å². The average Bonchev–Trinajstić information content (AvgIpc) is 3.41. The molecule has 1 unspecified atom stereocenters. The molecule has 0 saturated carbocycles. The number of carbonyl (C=O) groups is 3. The van der Waals surface area contributed by atoms with Gasteiger partial charge in [0.25, 0.3) is 11.8 Å². The molecule has 0 bridgehead atoms. The molecule has 1 atom stereocenters. The number of benzene rings is 2. The van der Waals surface area contributed by atoms with Crippen LogP contribution in [0, 0.1) is 0 Å². The molecule has 5 rings (SSSR count). The van der Waals surface area contributed by atoms with Crippen molar-refractivity contribution in [3.05, 3.63) is 95.3 Å². The number of rotatable bonds is 9. The van der Waals surface area contributed by atoms with Gasteiger partial charge in [-0.3, -0.25) is 24.3 Å². The first-order valence-corrected chi connectivity index (χ1v) is 12.7. The van der Waals surface area contributed by atoms with E-state index in [0.29, 0.717) is 16.1 Å². The molecule has 0 fully saturated rings. The van der Waals surface area contributed by atoms with Crippen molar-refractivity contribution in [2.24, 2.45) is 0 Å². The van der Waals surface area contributed by atoms with Crippen LogP contribution in [0.4, 0.5) is 5.00 Å². The number of carbonyl (C=O) groups excluding carboxylic acids is 3. The van der Waals surface area contributed by atoms with Gasteiger partial charge in [-0.25, -0.2) is 0 Å². The molecule has 0 spiro atoms. The largest absolute Gasteiger partial charge is 0.396 e. The summed E-state index contributed by atoms with van der Waals surface area (Å²) in [5.41, 5.74) is 2.54. The van der Waals surface area contributed by atoms with E-state index in [-0.39, 0.29) is 30.9 Å². The Balaban J connectivity index is 1.41. The van der Waals surface area contributed by atoms with Gasteiger partial charge >= 0.3 is 0 Å². The van der Waals surface area contributed by atoms with Gasteiger partial charge in [0.15, 0.2) is 0 Å². The first-order valence-electron chi connectivity index (χ1n) is 11.8. The van der Waals surface area contributed by atoms with Crippen LogP contribution in [0.1, 0.15) is 50.6 Å². The Labute approximate surface area is 212 Å². The monoisotopic (exact) mass is 499 g/mol. The Morgan fingerprint density at radius 3 is 2.39 bits per heavy atom.